The third kappa shape index (κ3) is 8.73. The van der Waals surface area contributed by atoms with Crippen molar-refractivity contribution in [2.24, 2.45) is 17.6 Å². The van der Waals surface area contributed by atoms with E-state index < -0.39 is 35.2 Å². The fourth-order valence-electron chi connectivity index (χ4n) is 3.69. The van der Waals surface area contributed by atoms with E-state index in [1.54, 1.807) is 41.5 Å². The van der Waals surface area contributed by atoms with Gasteiger partial charge in [-0.2, -0.15) is 0 Å². The van der Waals surface area contributed by atoms with Crippen molar-refractivity contribution >= 4 is 35.1 Å². The molecule has 31 heavy (non-hydrogen) atoms. The molecule has 1 amide bonds. The minimum Gasteiger partial charge on any atom is -0.459 e. The zero-order valence-electron chi connectivity index (χ0n) is 20.1. The Hall–Kier alpha value is -1.74. The molecule has 178 valence electrons. The second-order valence-electron chi connectivity index (χ2n) is 10.2. The lowest BCUT2D eigenvalue weighted by Crippen LogP contribution is -2.55. The summed E-state index contributed by atoms with van der Waals surface area (Å²) in [7, 11) is 0. The summed E-state index contributed by atoms with van der Waals surface area (Å²) in [6.07, 6.45) is 0.972. The minimum atomic E-state index is -0.757. The molecule has 0 bridgehead atoms. The van der Waals surface area contributed by atoms with Crippen LogP contribution in [0.1, 0.15) is 68.2 Å². The fraction of sp³-hybridized carbons (Fsp3) is 0.818. The van der Waals surface area contributed by atoms with E-state index in [2.05, 4.69) is 5.32 Å². The molecule has 0 aromatic heterocycles. The Morgan fingerprint density at radius 2 is 1.68 bits per heavy atom. The molecule has 0 spiro atoms. The number of hydrogen-bond acceptors (Lipinski definition) is 7. The highest BCUT2D eigenvalue weighted by Crippen LogP contribution is 2.32. The molecule has 4 atom stereocenters. The maximum atomic E-state index is 13.3. The quantitative estimate of drug-likeness (QED) is 0.421. The molecule has 0 saturated carbocycles. The van der Waals surface area contributed by atoms with Gasteiger partial charge >= 0.3 is 11.9 Å². The molecule has 1 aliphatic heterocycles. The zero-order chi connectivity index (χ0) is 24.1. The lowest BCUT2D eigenvalue weighted by atomic mass is 9.94. The number of carbonyl (C=O) groups excluding carboxylic acids is 3. The average molecular weight is 458 g/mol. The van der Waals surface area contributed by atoms with E-state index in [0.717, 1.165) is 0 Å². The number of esters is 2. The van der Waals surface area contributed by atoms with Gasteiger partial charge in [0.2, 0.25) is 5.91 Å². The van der Waals surface area contributed by atoms with Crippen molar-refractivity contribution in [2.45, 2.75) is 91.5 Å². The highest BCUT2D eigenvalue weighted by Gasteiger charge is 2.48. The van der Waals surface area contributed by atoms with Crippen LogP contribution in [0, 0.1) is 11.8 Å². The van der Waals surface area contributed by atoms with E-state index in [1.807, 2.05) is 11.8 Å². The first-order valence-electron chi connectivity index (χ1n) is 10.8. The first-order chi connectivity index (χ1) is 14.1. The highest BCUT2D eigenvalue weighted by atomic mass is 32.1. The van der Waals surface area contributed by atoms with Gasteiger partial charge in [0.05, 0.1) is 4.99 Å². The number of hydrogen-bond donors (Lipinski definition) is 2. The number of nitrogens with two attached hydrogens (primary N) is 1. The number of amides is 1. The Labute approximate surface area is 191 Å². The highest BCUT2D eigenvalue weighted by molar-refractivity contribution is 7.80. The Morgan fingerprint density at radius 1 is 1.13 bits per heavy atom. The standard InChI is InChI=1S/C22H39N3O5S/c1-9-14(11-24-13(2)26)17(20(28)30-22(6,7)8)25-12-15(18(23)31)10-16(25)19(27)29-21(3,4)5/h14-17H,9-12H2,1-8H3,(H2,23,31)(H,24,26). The molecule has 0 radical (unpaired) electrons. The molecule has 4 unspecified atom stereocenters. The molecule has 8 nitrogen and oxygen atoms in total. The number of rotatable bonds is 8. The summed E-state index contributed by atoms with van der Waals surface area (Å²) < 4.78 is 11.4. The molecule has 1 saturated heterocycles. The smallest absolute Gasteiger partial charge is 0.324 e. The predicted molar refractivity (Wildman–Crippen MR) is 123 cm³/mol. The normalized spacial score (nSPS) is 21.8. The molecule has 0 aromatic rings. The van der Waals surface area contributed by atoms with Crippen molar-refractivity contribution in [3.05, 3.63) is 0 Å². The summed E-state index contributed by atoms with van der Waals surface area (Å²) in [5, 5.41) is 2.79. The van der Waals surface area contributed by atoms with Gasteiger partial charge in [-0.05, 0) is 54.4 Å². The van der Waals surface area contributed by atoms with Crippen LogP contribution in [0.25, 0.3) is 0 Å². The van der Waals surface area contributed by atoms with E-state index in [-0.39, 0.29) is 24.3 Å². The van der Waals surface area contributed by atoms with Gasteiger partial charge in [-0.3, -0.25) is 19.3 Å². The summed E-state index contributed by atoms with van der Waals surface area (Å²) in [4.78, 5) is 40.0. The lowest BCUT2D eigenvalue weighted by molar-refractivity contribution is -0.169. The number of carbonyl (C=O) groups is 3. The molecule has 1 fully saturated rings. The van der Waals surface area contributed by atoms with E-state index in [9.17, 15) is 14.4 Å². The van der Waals surface area contributed by atoms with Gasteiger partial charge in [-0.1, -0.05) is 19.1 Å². The van der Waals surface area contributed by atoms with Crippen LogP contribution >= 0.6 is 12.2 Å². The van der Waals surface area contributed by atoms with E-state index >= 15 is 0 Å². The lowest BCUT2D eigenvalue weighted by Gasteiger charge is -2.37. The Bertz CT molecular complexity index is 684. The molecular formula is C22H39N3O5S. The van der Waals surface area contributed by atoms with Crippen LogP contribution in [0.4, 0.5) is 0 Å². The molecule has 1 rings (SSSR count). The topological polar surface area (TPSA) is 111 Å². The fourth-order valence-corrected chi connectivity index (χ4v) is 3.86. The number of nitrogens with zero attached hydrogens (tertiary/aromatic N) is 1. The minimum absolute atomic E-state index is 0.187. The Morgan fingerprint density at radius 3 is 2.10 bits per heavy atom. The molecule has 9 heteroatoms. The van der Waals surface area contributed by atoms with Gasteiger partial charge < -0.3 is 20.5 Å². The third-order valence-corrected chi connectivity index (χ3v) is 5.34. The van der Waals surface area contributed by atoms with Crippen LogP contribution < -0.4 is 11.1 Å². The van der Waals surface area contributed by atoms with Gasteiger partial charge in [0.15, 0.2) is 0 Å². The van der Waals surface area contributed by atoms with Crippen LogP contribution in [0.2, 0.25) is 0 Å². The van der Waals surface area contributed by atoms with Crippen LogP contribution in [0.5, 0.6) is 0 Å². The Balaban J connectivity index is 3.36. The molecule has 0 aliphatic carbocycles. The second kappa shape index (κ2) is 10.7. The van der Waals surface area contributed by atoms with Crippen LogP contribution in [0.3, 0.4) is 0 Å². The molecule has 0 aromatic carbocycles. The number of thiocarbonyl (C=S) groups is 1. The van der Waals surface area contributed by atoms with Crippen molar-refractivity contribution in [1.82, 2.24) is 10.2 Å². The van der Waals surface area contributed by atoms with Gasteiger partial charge in [0.25, 0.3) is 0 Å². The first kappa shape index (κ1) is 27.3. The van der Waals surface area contributed by atoms with Crippen LogP contribution in [0.15, 0.2) is 0 Å². The van der Waals surface area contributed by atoms with Crippen molar-refractivity contribution in [3.63, 3.8) is 0 Å². The summed E-state index contributed by atoms with van der Waals surface area (Å²) in [6, 6.07) is -1.44. The van der Waals surface area contributed by atoms with Crippen molar-refractivity contribution in [1.29, 1.82) is 0 Å². The SMILES string of the molecule is CCC(CNC(C)=O)C(C(=O)OC(C)(C)C)N1CC(C(N)=S)CC1C(=O)OC(C)(C)C. The van der Waals surface area contributed by atoms with Crippen molar-refractivity contribution < 1.29 is 23.9 Å². The van der Waals surface area contributed by atoms with Gasteiger partial charge in [-0.15, -0.1) is 0 Å². The van der Waals surface area contributed by atoms with Crippen LogP contribution in [-0.4, -0.2) is 64.1 Å². The van der Waals surface area contributed by atoms with Gasteiger partial charge in [0, 0.05) is 31.8 Å². The second-order valence-corrected chi connectivity index (χ2v) is 10.6. The maximum Gasteiger partial charge on any atom is 0.324 e. The van der Waals surface area contributed by atoms with Gasteiger partial charge in [0.1, 0.15) is 23.3 Å². The van der Waals surface area contributed by atoms with Crippen molar-refractivity contribution in [3.8, 4) is 0 Å². The number of likely N-dealkylation sites (tertiary alicyclic amines) is 1. The molecule has 3 N–H and O–H groups in total. The van der Waals surface area contributed by atoms with E-state index in [0.29, 0.717) is 24.4 Å². The maximum absolute atomic E-state index is 13.3. The average Bonchev–Trinajstić information content (AvgIpc) is 3.00. The molecular weight excluding hydrogens is 418 g/mol. The summed E-state index contributed by atoms with van der Waals surface area (Å²) in [5.41, 5.74) is 4.54. The largest absolute Gasteiger partial charge is 0.459 e. The van der Waals surface area contributed by atoms with Crippen molar-refractivity contribution in [2.75, 3.05) is 13.1 Å². The summed E-state index contributed by atoms with van der Waals surface area (Å²) >= 11 is 5.20. The number of nitrogens with one attached hydrogen (secondary N) is 1. The zero-order valence-corrected chi connectivity index (χ0v) is 20.9. The third-order valence-electron chi connectivity index (χ3n) is 5.01. The Kier molecular flexibility index (Phi) is 9.44. The van der Waals surface area contributed by atoms with E-state index in [4.69, 9.17) is 27.4 Å². The van der Waals surface area contributed by atoms with Crippen LogP contribution in [-0.2, 0) is 23.9 Å². The monoisotopic (exact) mass is 457 g/mol. The predicted octanol–water partition coefficient (Wildman–Crippen LogP) is 2.18. The summed E-state index contributed by atoms with van der Waals surface area (Å²) in [5.74, 6) is -1.55. The summed E-state index contributed by atoms with van der Waals surface area (Å²) in [6.45, 7) is 14.8. The van der Waals surface area contributed by atoms with E-state index in [1.165, 1.54) is 6.92 Å². The molecule has 1 heterocycles. The first-order valence-corrected chi connectivity index (χ1v) is 11.2. The van der Waals surface area contributed by atoms with Gasteiger partial charge in [-0.25, -0.2) is 0 Å². The molecule has 1 aliphatic rings. The number of ether oxygens (including phenoxy) is 2.